The quantitative estimate of drug-likeness (QED) is 0.634. The summed E-state index contributed by atoms with van der Waals surface area (Å²) in [5, 5.41) is 27.4. The van der Waals surface area contributed by atoms with Gasteiger partial charge in [-0.1, -0.05) is 23.7 Å². The van der Waals surface area contributed by atoms with Crippen LogP contribution in [0.1, 0.15) is 44.7 Å². The van der Waals surface area contributed by atoms with Gasteiger partial charge in [0.1, 0.15) is 18.1 Å². The molecule has 2 saturated heterocycles. The molecule has 2 fully saturated rings. The Bertz CT molecular complexity index is 1010. The van der Waals surface area contributed by atoms with Gasteiger partial charge in [0.25, 0.3) is 11.8 Å². The third-order valence-electron chi connectivity index (χ3n) is 6.23. The second kappa shape index (κ2) is 8.73. The molecular weight excluding hydrogens is 439 g/mol. The van der Waals surface area contributed by atoms with Gasteiger partial charge in [-0.05, 0) is 39.2 Å². The van der Waals surface area contributed by atoms with Gasteiger partial charge >= 0.3 is 0 Å². The van der Waals surface area contributed by atoms with Gasteiger partial charge in [0, 0.05) is 24.9 Å². The zero-order valence-electron chi connectivity index (χ0n) is 17.9. The molecule has 0 radical (unpaired) electrons. The minimum absolute atomic E-state index is 0.0528. The molecule has 0 spiro atoms. The van der Waals surface area contributed by atoms with Crippen LogP contribution < -0.4 is 5.32 Å². The molecule has 1 aromatic carbocycles. The lowest BCUT2D eigenvalue weighted by Gasteiger charge is -2.53. The number of nitrogens with zero attached hydrogens (tertiary/aromatic N) is 3. The molecule has 1 aromatic rings. The van der Waals surface area contributed by atoms with Crippen molar-refractivity contribution in [3.8, 4) is 0 Å². The molecule has 3 aliphatic rings. The molecule has 3 aliphatic heterocycles. The minimum Gasteiger partial charge on any atom is -0.507 e. The van der Waals surface area contributed by atoms with Gasteiger partial charge in [-0.25, -0.2) is 4.39 Å². The van der Waals surface area contributed by atoms with Gasteiger partial charge in [-0.2, -0.15) is 5.01 Å². The SMILES string of the molecule is CCN1C(=O)C2=C(O)C(O)C(C(=O)N[C@H](C)c3cccc(Cl)c3F)=CN2N2CCCC[C@@H]12. The van der Waals surface area contributed by atoms with Crippen molar-refractivity contribution in [2.75, 3.05) is 13.1 Å². The number of piperidine rings is 1. The molecule has 2 amide bonds. The van der Waals surface area contributed by atoms with Crippen LogP contribution in [-0.4, -0.2) is 62.3 Å². The number of hydrogen-bond acceptors (Lipinski definition) is 6. The Balaban J connectivity index is 1.64. The Morgan fingerprint density at radius 1 is 1.38 bits per heavy atom. The molecule has 3 atom stereocenters. The molecule has 1 unspecified atom stereocenters. The molecule has 10 heteroatoms. The van der Waals surface area contributed by atoms with Crippen molar-refractivity contribution in [2.24, 2.45) is 0 Å². The van der Waals surface area contributed by atoms with Crippen molar-refractivity contribution >= 4 is 23.4 Å². The summed E-state index contributed by atoms with van der Waals surface area (Å²) < 4.78 is 14.4. The van der Waals surface area contributed by atoms with Crippen LogP contribution >= 0.6 is 11.6 Å². The van der Waals surface area contributed by atoms with E-state index >= 15 is 0 Å². The van der Waals surface area contributed by atoms with Crippen LogP contribution in [0.3, 0.4) is 0 Å². The molecule has 32 heavy (non-hydrogen) atoms. The van der Waals surface area contributed by atoms with E-state index in [0.717, 1.165) is 19.3 Å². The van der Waals surface area contributed by atoms with E-state index in [1.165, 1.54) is 23.3 Å². The average Bonchev–Trinajstić information content (AvgIpc) is 2.77. The maximum absolute atomic E-state index is 14.4. The Hall–Kier alpha value is -2.62. The molecule has 8 nitrogen and oxygen atoms in total. The number of aliphatic hydroxyl groups is 2. The fourth-order valence-electron chi connectivity index (χ4n) is 4.56. The molecule has 172 valence electrons. The predicted molar refractivity (Wildman–Crippen MR) is 115 cm³/mol. The van der Waals surface area contributed by atoms with Crippen LogP contribution in [0.5, 0.6) is 0 Å². The van der Waals surface area contributed by atoms with Crippen molar-refractivity contribution in [1.82, 2.24) is 20.2 Å². The van der Waals surface area contributed by atoms with Gasteiger partial charge < -0.3 is 20.4 Å². The lowest BCUT2D eigenvalue weighted by molar-refractivity contribution is -0.166. The third kappa shape index (κ3) is 3.64. The van der Waals surface area contributed by atoms with E-state index in [2.05, 4.69) is 5.32 Å². The van der Waals surface area contributed by atoms with E-state index in [1.54, 1.807) is 17.9 Å². The van der Waals surface area contributed by atoms with Gasteiger partial charge in [0.05, 0.1) is 16.6 Å². The lowest BCUT2D eigenvalue weighted by Crippen LogP contribution is -2.65. The Morgan fingerprint density at radius 3 is 2.84 bits per heavy atom. The van der Waals surface area contributed by atoms with Crippen LogP contribution in [-0.2, 0) is 9.59 Å². The second-order valence-electron chi connectivity index (χ2n) is 8.13. The maximum atomic E-state index is 14.4. The Labute approximate surface area is 190 Å². The van der Waals surface area contributed by atoms with E-state index in [9.17, 15) is 24.2 Å². The summed E-state index contributed by atoms with van der Waals surface area (Å²) in [5.41, 5.74) is 0.00521. The van der Waals surface area contributed by atoms with Crippen molar-refractivity contribution in [3.05, 3.63) is 57.8 Å². The highest BCUT2D eigenvalue weighted by molar-refractivity contribution is 6.30. The van der Waals surface area contributed by atoms with Gasteiger partial charge in [0.2, 0.25) is 0 Å². The number of likely N-dealkylation sites (N-methyl/N-ethyl adjacent to an activating group) is 1. The van der Waals surface area contributed by atoms with Crippen molar-refractivity contribution in [3.63, 3.8) is 0 Å². The molecule has 4 rings (SSSR count). The fraction of sp³-hybridized carbons (Fsp3) is 0.455. The summed E-state index contributed by atoms with van der Waals surface area (Å²) in [4.78, 5) is 27.7. The Morgan fingerprint density at radius 2 is 2.12 bits per heavy atom. The standard InChI is InChI=1S/C22H26ClFN4O4/c1-3-26-16-9-4-5-10-27(16)28-11-14(19(29)20(30)18(28)22(26)32)21(31)25-12(2)13-7-6-8-15(23)17(13)24/h6-8,11-12,16,19,29-30H,3-5,9-10H2,1-2H3,(H,25,31)/t12-,16+,19?/m1/s1. The van der Waals surface area contributed by atoms with Gasteiger partial charge in [-0.3, -0.25) is 14.6 Å². The highest BCUT2D eigenvalue weighted by Gasteiger charge is 2.47. The fourth-order valence-corrected chi connectivity index (χ4v) is 4.74. The molecule has 0 bridgehead atoms. The van der Waals surface area contributed by atoms with Crippen LogP contribution in [0.25, 0.3) is 0 Å². The molecule has 3 N–H and O–H groups in total. The number of benzene rings is 1. The first kappa shape index (κ1) is 22.6. The van der Waals surface area contributed by atoms with Crippen LogP contribution in [0.2, 0.25) is 5.02 Å². The van der Waals surface area contributed by atoms with Crippen LogP contribution in [0.4, 0.5) is 4.39 Å². The third-order valence-corrected chi connectivity index (χ3v) is 6.52. The second-order valence-corrected chi connectivity index (χ2v) is 8.54. The number of amides is 2. The number of halogens is 2. The number of aliphatic hydroxyl groups excluding tert-OH is 2. The molecule has 0 saturated carbocycles. The molecular formula is C22H26ClFN4O4. The molecule has 0 aromatic heterocycles. The normalized spacial score (nSPS) is 24.7. The zero-order valence-corrected chi connectivity index (χ0v) is 18.6. The monoisotopic (exact) mass is 464 g/mol. The molecule has 3 heterocycles. The average molecular weight is 465 g/mol. The van der Waals surface area contributed by atoms with E-state index < -0.39 is 35.5 Å². The number of hydrazine groups is 1. The van der Waals surface area contributed by atoms with E-state index in [-0.39, 0.29) is 28.0 Å². The first-order valence-electron chi connectivity index (χ1n) is 10.7. The van der Waals surface area contributed by atoms with Crippen LogP contribution in [0, 0.1) is 5.82 Å². The molecule has 0 aliphatic carbocycles. The largest absolute Gasteiger partial charge is 0.507 e. The van der Waals surface area contributed by atoms with Crippen molar-refractivity contribution < 1.29 is 24.2 Å². The summed E-state index contributed by atoms with van der Waals surface area (Å²) in [7, 11) is 0. The number of fused-ring (bicyclic) bond motifs is 3. The van der Waals surface area contributed by atoms with E-state index in [1.807, 2.05) is 11.9 Å². The highest BCUT2D eigenvalue weighted by Crippen LogP contribution is 2.36. The Kier molecular flexibility index (Phi) is 6.15. The van der Waals surface area contributed by atoms with Crippen molar-refractivity contribution in [2.45, 2.75) is 51.4 Å². The van der Waals surface area contributed by atoms with E-state index in [0.29, 0.717) is 13.1 Å². The minimum atomic E-state index is -1.68. The summed E-state index contributed by atoms with van der Waals surface area (Å²) >= 11 is 5.84. The summed E-state index contributed by atoms with van der Waals surface area (Å²) in [6, 6.07) is 3.75. The topological polar surface area (TPSA) is 96.3 Å². The maximum Gasteiger partial charge on any atom is 0.276 e. The summed E-state index contributed by atoms with van der Waals surface area (Å²) in [6.07, 6.45) is 2.16. The number of hydrogen-bond donors (Lipinski definition) is 3. The smallest absolute Gasteiger partial charge is 0.276 e. The zero-order chi connectivity index (χ0) is 23.2. The van der Waals surface area contributed by atoms with Crippen LogP contribution in [0.15, 0.2) is 41.4 Å². The predicted octanol–water partition coefficient (Wildman–Crippen LogP) is 2.58. The first-order valence-corrected chi connectivity index (χ1v) is 11.1. The van der Waals surface area contributed by atoms with E-state index in [4.69, 9.17) is 11.6 Å². The first-order chi connectivity index (χ1) is 15.3. The number of carbonyl (C=O) groups is 2. The highest BCUT2D eigenvalue weighted by atomic mass is 35.5. The number of rotatable bonds is 4. The van der Waals surface area contributed by atoms with Gasteiger partial charge in [0.15, 0.2) is 11.5 Å². The summed E-state index contributed by atoms with van der Waals surface area (Å²) in [6.45, 7) is 4.55. The number of carbonyl (C=O) groups excluding carboxylic acids is 2. The summed E-state index contributed by atoms with van der Waals surface area (Å²) in [5.74, 6) is -2.29. The lowest BCUT2D eigenvalue weighted by atomic mass is 9.99. The number of nitrogens with one attached hydrogen (secondary N) is 1. The van der Waals surface area contributed by atoms with Gasteiger partial charge in [-0.15, -0.1) is 0 Å². The van der Waals surface area contributed by atoms with Crippen molar-refractivity contribution in [1.29, 1.82) is 0 Å².